The van der Waals surface area contributed by atoms with E-state index in [1.165, 1.54) is 0 Å². The summed E-state index contributed by atoms with van der Waals surface area (Å²) in [6, 6.07) is 11.8. The lowest BCUT2D eigenvalue weighted by molar-refractivity contribution is -0.114. The van der Waals surface area contributed by atoms with E-state index in [0.29, 0.717) is 18.5 Å². The minimum atomic E-state index is -0.408. The molecule has 2 heterocycles. The van der Waals surface area contributed by atoms with Crippen molar-refractivity contribution >= 4 is 34.9 Å². The summed E-state index contributed by atoms with van der Waals surface area (Å²) in [4.78, 5) is 17.8. The number of aromatic nitrogens is 2. The molecular weight excluding hydrogens is 390 g/mol. The number of hydrogen-bond donors (Lipinski definition) is 1. The van der Waals surface area contributed by atoms with Crippen molar-refractivity contribution in [3.8, 4) is 0 Å². The molecule has 28 heavy (non-hydrogen) atoms. The lowest BCUT2D eigenvalue weighted by atomic mass is 10.1. The highest BCUT2D eigenvalue weighted by Crippen LogP contribution is 2.22. The fourth-order valence-corrected chi connectivity index (χ4v) is 3.97. The summed E-state index contributed by atoms with van der Waals surface area (Å²) in [6.07, 6.45) is 7.23. The van der Waals surface area contributed by atoms with E-state index in [0.717, 1.165) is 46.2 Å². The number of thiophene rings is 1. The van der Waals surface area contributed by atoms with E-state index in [1.54, 1.807) is 11.3 Å². The number of benzene rings is 1. The van der Waals surface area contributed by atoms with Crippen molar-refractivity contribution in [2.45, 2.75) is 39.2 Å². The predicted octanol–water partition coefficient (Wildman–Crippen LogP) is 5.10. The Hall–Kier alpha value is -2.37. The highest BCUT2D eigenvalue weighted by atomic mass is 35.5. The number of primary amides is 1. The normalized spacial score (nSPS) is 11.7. The molecule has 0 atom stereocenters. The maximum atomic E-state index is 12.0. The first-order chi connectivity index (χ1) is 13.6. The molecule has 0 unspecified atom stereocenters. The summed E-state index contributed by atoms with van der Waals surface area (Å²) in [5.41, 5.74) is 8.13. The van der Waals surface area contributed by atoms with Crippen molar-refractivity contribution in [1.29, 1.82) is 0 Å². The van der Waals surface area contributed by atoms with Crippen LogP contribution in [-0.4, -0.2) is 15.5 Å². The zero-order valence-corrected chi connectivity index (χ0v) is 17.5. The Bertz CT molecular complexity index is 960. The molecule has 4 nitrogen and oxygen atoms in total. The average Bonchev–Trinajstić information content (AvgIpc) is 3.32. The van der Waals surface area contributed by atoms with E-state index in [9.17, 15) is 4.79 Å². The molecule has 1 amide bonds. The van der Waals surface area contributed by atoms with Crippen molar-refractivity contribution in [1.82, 2.24) is 9.55 Å². The van der Waals surface area contributed by atoms with Crippen LogP contribution in [0.15, 0.2) is 53.5 Å². The van der Waals surface area contributed by atoms with Gasteiger partial charge in [-0.2, -0.15) is 0 Å². The molecule has 2 aromatic heterocycles. The van der Waals surface area contributed by atoms with Gasteiger partial charge in [0, 0.05) is 28.3 Å². The Kier molecular flexibility index (Phi) is 7.06. The number of nitrogens with two attached hydrogens (primary N) is 1. The first-order valence-electron chi connectivity index (χ1n) is 9.39. The maximum Gasteiger partial charge on any atom is 0.245 e. The van der Waals surface area contributed by atoms with Crippen molar-refractivity contribution in [3.63, 3.8) is 0 Å². The predicted molar refractivity (Wildman–Crippen MR) is 117 cm³/mol. The largest absolute Gasteiger partial charge is 0.366 e. The number of rotatable bonds is 9. The molecule has 0 aliphatic heterocycles. The Morgan fingerprint density at radius 3 is 2.79 bits per heavy atom. The van der Waals surface area contributed by atoms with Crippen LogP contribution < -0.4 is 5.73 Å². The lowest BCUT2D eigenvalue weighted by Gasteiger charge is -2.12. The Morgan fingerprint density at radius 1 is 1.29 bits per heavy atom. The van der Waals surface area contributed by atoms with Crippen LogP contribution >= 0.6 is 22.9 Å². The van der Waals surface area contributed by atoms with Gasteiger partial charge in [-0.05, 0) is 35.6 Å². The summed E-state index contributed by atoms with van der Waals surface area (Å²) in [5.74, 6) is 0.585. The van der Waals surface area contributed by atoms with Crippen molar-refractivity contribution in [3.05, 3.63) is 80.5 Å². The van der Waals surface area contributed by atoms with Gasteiger partial charge in [0.1, 0.15) is 5.82 Å². The van der Waals surface area contributed by atoms with Crippen LogP contribution in [0.2, 0.25) is 5.02 Å². The minimum absolute atomic E-state index is 0.408. The van der Waals surface area contributed by atoms with Gasteiger partial charge in [0.2, 0.25) is 5.91 Å². The van der Waals surface area contributed by atoms with Gasteiger partial charge in [-0.1, -0.05) is 49.2 Å². The van der Waals surface area contributed by atoms with E-state index in [4.69, 9.17) is 17.3 Å². The summed E-state index contributed by atoms with van der Waals surface area (Å²) < 4.78 is 2.13. The number of halogens is 1. The highest BCUT2D eigenvalue weighted by Gasteiger charge is 2.14. The number of carbonyl (C=O) groups is 1. The van der Waals surface area contributed by atoms with Crippen LogP contribution in [0.25, 0.3) is 6.08 Å². The molecule has 3 rings (SSSR count). The second kappa shape index (κ2) is 9.71. The van der Waals surface area contributed by atoms with E-state index < -0.39 is 5.91 Å². The number of aryl methyl sites for hydroxylation is 1. The quantitative estimate of drug-likeness (QED) is 0.496. The van der Waals surface area contributed by atoms with Gasteiger partial charge < -0.3 is 10.3 Å². The zero-order valence-electron chi connectivity index (χ0n) is 15.9. The Morgan fingerprint density at radius 2 is 2.11 bits per heavy atom. The molecule has 3 aromatic rings. The molecule has 0 saturated carbocycles. The van der Waals surface area contributed by atoms with Crippen LogP contribution in [0.5, 0.6) is 0 Å². The van der Waals surface area contributed by atoms with Gasteiger partial charge >= 0.3 is 0 Å². The SMILES string of the molecule is CCCCc1ncc(/C=C(\Cc2cccs2)C(N)=O)n1Cc1ccccc1Cl. The van der Waals surface area contributed by atoms with Gasteiger partial charge in [0.05, 0.1) is 18.4 Å². The first-order valence-corrected chi connectivity index (χ1v) is 10.6. The molecule has 146 valence electrons. The topological polar surface area (TPSA) is 60.9 Å². The standard InChI is InChI=1S/C22H24ClN3OS/c1-2-3-10-21-25-14-18(26(21)15-16-7-4-5-9-20(16)23)12-17(22(24)27)13-19-8-6-11-28-19/h4-9,11-12,14H,2-3,10,13,15H2,1H3,(H2,24,27)/b17-12+. The van der Waals surface area contributed by atoms with E-state index in [2.05, 4.69) is 16.5 Å². The van der Waals surface area contributed by atoms with Crippen molar-refractivity contribution in [2.75, 3.05) is 0 Å². The molecule has 0 fully saturated rings. The van der Waals surface area contributed by atoms with Crippen LogP contribution in [0, 0.1) is 0 Å². The van der Waals surface area contributed by atoms with Gasteiger partial charge in [-0.15, -0.1) is 11.3 Å². The number of amides is 1. The third-order valence-electron chi connectivity index (χ3n) is 4.59. The number of hydrogen-bond acceptors (Lipinski definition) is 3. The second-order valence-electron chi connectivity index (χ2n) is 6.67. The lowest BCUT2D eigenvalue weighted by Crippen LogP contribution is -2.16. The molecule has 6 heteroatoms. The minimum Gasteiger partial charge on any atom is -0.366 e. The smallest absolute Gasteiger partial charge is 0.245 e. The van der Waals surface area contributed by atoms with Gasteiger partial charge in [0.25, 0.3) is 0 Å². The second-order valence-corrected chi connectivity index (χ2v) is 8.11. The van der Waals surface area contributed by atoms with Gasteiger partial charge in [0.15, 0.2) is 0 Å². The van der Waals surface area contributed by atoms with Gasteiger partial charge in [-0.3, -0.25) is 4.79 Å². The molecule has 0 radical (unpaired) electrons. The van der Waals surface area contributed by atoms with Crippen LogP contribution in [0.4, 0.5) is 0 Å². The Balaban J connectivity index is 1.97. The molecule has 0 bridgehead atoms. The zero-order chi connectivity index (χ0) is 19.9. The summed E-state index contributed by atoms with van der Waals surface area (Å²) in [5, 5.41) is 2.72. The average molecular weight is 414 g/mol. The Labute approximate surface area is 174 Å². The first kappa shape index (κ1) is 20.4. The third kappa shape index (κ3) is 5.12. The molecule has 0 aliphatic carbocycles. The molecule has 0 aliphatic rings. The van der Waals surface area contributed by atoms with Gasteiger partial charge in [-0.25, -0.2) is 4.98 Å². The van der Waals surface area contributed by atoms with E-state index >= 15 is 0 Å². The monoisotopic (exact) mass is 413 g/mol. The van der Waals surface area contributed by atoms with Crippen LogP contribution in [-0.2, 0) is 24.2 Å². The number of unbranched alkanes of at least 4 members (excludes halogenated alkanes) is 1. The summed E-state index contributed by atoms with van der Waals surface area (Å²) >= 11 is 8.00. The molecule has 0 spiro atoms. The fraction of sp³-hybridized carbons (Fsp3) is 0.273. The highest BCUT2D eigenvalue weighted by molar-refractivity contribution is 7.09. The summed E-state index contributed by atoms with van der Waals surface area (Å²) in [7, 11) is 0. The number of carbonyl (C=O) groups excluding carboxylic acids is 1. The van der Waals surface area contributed by atoms with Crippen LogP contribution in [0.3, 0.4) is 0 Å². The summed E-state index contributed by atoms with van der Waals surface area (Å²) in [6.45, 7) is 2.77. The van der Waals surface area contributed by atoms with E-state index in [-0.39, 0.29) is 0 Å². The molecule has 2 N–H and O–H groups in total. The van der Waals surface area contributed by atoms with Crippen molar-refractivity contribution in [2.24, 2.45) is 5.73 Å². The maximum absolute atomic E-state index is 12.0. The van der Waals surface area contributed by atoms with E-state index in [1.807, 2.05) is 54.1 Å². The molecule has 0 saturated heterocycles. The fourth-order valence-electron chi connectivity index (χ4n) is 3.05. The molecule has 1 aromatic carbocycles. The van der Waals surface area contributed by atoms with Crippen LogP contribution in [0.1, 0.15) is 41.7 Å². The third-order valence-corrected chi connectivity index (χ3v) is 5.84. The number of imidazole rings is 1. The number of nitrogens with zero attached hydrogens (tertiary/aromatic N) is 2. The molecular formula is C22H24ClN3OS. The van der Waals surface area contributed by atoms with Crippen molar-refractivity contribution < 1.29 is 4.79 Å².